The van der Waals surface area contributed by atoms with Crippen LogP contribution in [0.15, 0.2) is 58.4 Å². The van der Waals surface area contributed by atoms with Gasteiger partial charge in [-0.15, -0.1) is 0 Å². The molecule has 10 rings (SSSR count). The van der Waals surface area contributed by atoms with Crippen molar-refractivity contribution < 1.29 is 111 Å². The maximum absolute atomic E-state index is 15.6. The predicted molar refractivity (Wildman–Crippen MR) is 325 cm³/mol. The second kappa shape index (κ2) is 28.2. The van der Waals surface area contributed by atoms with Crippen molar-refractivity contribution in [2.45, 2.75) is 281 Å². The van der Waals surface area contributed by atoms with Gasteiger partial charge in [0.05, 0.1) is 86.6 Å². The van der Waals surface area contributed by atoms with Crippen LogP contribution in [0.3, 0.4) is 0 Å². The summed E-state index contributed by atoms with van der Waals surface area (Å²) in [6, 6.07) is -1.12. The Balaban J connectivity index is 0.904. The molecular weight excluding hydrogens is 1220 g/mol. The largest absolute Gasteiger partial charge is 0.511 e. The third-order valence-electron chi connectivity index (χ3n) is 21.7. The van der Waals surface area contributed by atoms with E-state index in [1.165, 1.54) is 19.9 Å². The lowest BCUT2D eigenvalue weighted by atomic mass is 9.49. The molecule has 0 radical (unpaired) electrons. The molecule has 5 N–H and O–H groups in total. The summed E-state index contributed by atoms with van der Waals surface area (Å²) in [7, 11) is 1.15. The number of methoxy groups -OCH3 is 1. The van der Waals surface area contributed by atoms with Crippen LogP contribution in [0.4, 0.5) is 4.79 Å². The lowest BCUT2D eigenvalue weighted by Gasteiger charge is -2.56. The zero-order valence-electron chi connectivity index (χ0n) is 55.4. The minimum absolute atomic E-state index is 0.00196. The summed E-state index contributed by atoms with van der Waals surface area (Å²) in [4.78, 5) is 80.4. The van der Waals surface area contributed by atoms with Crippen molar-refractivity contribution in [3.8, 4) is 0 Å². The monoisotopic (exact) mass is 1310 g/mol. The van der Waals surface area contributed by atoms with E-state index in [1.54, 1.807) is 33.8 Å². The Morgan fingerprint density at radius 1 is 0.720 bits per heavy atom. The van der Waals surface area contributed by atoms with Gasteiger partial charge in [-0.25, -0.2) is 9.59 Å². The number of alkyl carbamates (subject to hydrolysis) is 1. The molecule has 2 unspecified atom stereocenters. The fraction of sp³-hybridized carbons (Fsp3) is 0.776. The van der Waals surface area contributed by atoms with Crippen LogP contribution < -0.4 is 5.32 Å². The lowest BCUT2D eigenvalue weighted by Crippen LogP contribution is -2.65. The number of carbonyl (C=O) groups is 5. The van der Waals surface area contributed by atoms with Gasteiger partial charge in [-0.1, -0.05) is 50.6 Å². The number of amides is 1. The number of nitro groups is 1. The predicted octanol–water partition coefficient (Wildman–Crippen LogP) is 6.36. The Bertz CT molecular complexity index is 2960. The Morgan fingerprint density at radius 3 is 2.01 bits per heavy atom. The van der Waals surface area contributed by atoms with Crippen LogP contribution in [0.5, 0.6) is 0 Å². The van der Waals surface area contributed by atoms with E-state index in [0.717, 1.165) is 7.11 Å². The van der Waals surface area contributed by atoms with Gasteiger partial charge in [0.1, 0.15) is 35.9 Å². The van der Waals surface area contributed by atoms with Crippen LogP contribution in [-0.4, -0.2) is 197 Å². The second-order valence-electron chi connectivity index (χ2n) is 28.2. The van der Waals surface area contributed by atoms with E-state index in [9.17, 15) is 49.7 Å². The number of esters is 2. The molecule has 518 valence electrons. The molecule has 1 saturated carbocycles. The Hall–Kier alpha value is -5.07. The summed E-state index contributed by atoms with van der Waals surface area (Å²) in [5.41, 5.74) is -4.91. The van der Waals surface area contributed by atoms with E-state index in [-0.39, 0.29) is 43.1 Å². The summed E-state index contributed by atoms with van der Waals surface area (Å²) in [5.74, 6) is -6.46. The molecule has 0 aromatic heterocycles. The highest BCUT2D eigenvalue weighted by atomic mass is 16.8. The molecule has 26 nitrogen and oxygen atoms in total. The highest BCUT2D eigenvalue weighted by Crippen LogP contribution is 2.61. The summed E-state index contributed by atoms with van der Waals surface area (Å²) in [5, 5.41) is 62.0. The first kappa shape index (κ1) is 70.7. The summed E-state index contributed by atoms with van der Waals surface area (Å²) in [6.45, 7) is 21.0. The number of nitrogens with zero attached hydrogens (tertiary/aromatic N) is 1. The lowest BCUT2D eigenvalue weighted by molar-refractivity contribution is -0.584. The molecule has 0 aromatic carbocycles. The highest BCUT2D eigenvalue weighted by Gasteiger charge is 2.65. The van der Waals surface area contributed by atoms with Gasteiger partial charge >= 0.3 is 18.0 Å². The fourth-order valence-corrected chi connectivity index (χ4v) is 16.9. The first-order valence-electron chi connectivity index (χ1n) is 33.1. The number of rotatable bonds is 14. The average Bonchev–Trinajstić information content (AvgIpc) is 1.68. The number of ether oxygens (including phenoxy) is 13. The SMILES string of the molecule is COC(=O)N[C@H]1[C@H](C)O[C@@H](OC2C/C=C(/C)[C@H]3C=C[C@H]4[C@H](O[C@H]5CC(O[C@H]6CC[C@@H](O[C@H]7C[C@H](O)[C@@H](O[C@H]8CC[C@@H](O)[C@@H](C)O8)[C@H](C)O7)[C@H](C)O6)[C@@H](OC(C)=O)[C@H](C)O5)[C@H](C)C[C@H](C)[C@@H]4[C@]3(C)C(O)=C3C(=O)O[C@@]4(CC(C=O)=C[C@H](O)[C@@H]4/C=C/2C)C3=O)C[C@]1(C)[N+](=O)[O-]. The van der Waals surface area contributed by atoms with E-state index in [2.05, 4.69) is 25.2 Å². The third kappa shape index (κ3) is 14.0. The number of aldehydes is 1. The molecule has 1 spiro atoms. The normalized spacial score (nSPS) is 47.4. The number of hydrogen-bond donors (Lipinski definition) is 5. The van der Waals surface area contributed by atoms with E-state index in [0.29, 0.717) is 49.5 Å². The van der Waals surface area contributed by atoms with Crippen LogP contribution in [0.2, 0.25) is 0 Å². The second-order valence-corrected chi connectivity index (χ2v) is 28.2. The van der Waals surface area contributed by atoms with Gasteiger partial charge < -0.3 is 87.3 Å². The van der Waals surface area contributed by atoms with Crippen LogP contribution in [-0.2, 0) is 80.8 Å². The molecule has 10 aliphatic rings. The fourth-order valence-electron chi connectivity index (χ4n) is 16.9. The number of Topliss-reactive ketones (excluding diaryl/α,β-unsaturated/α-hetero) is 1. The maximum Gasteiger partial charge on any atom is 0.407 e. The zero-order valence-corrected chi connectivity index (χ0v) is 55.4. The molecule has 2 bridgehead atoms. The number of hydrogen-bond acceptors (Lipinski definition) is 24. The Morgan fingerprint density at radius 2 is 1.35 bits per heavy atom. The van der Waals surface area contributed by atoms with Crippen LogP contribution in [0.1, 0.15) is 147 Å². The standard InChI is InChI=1S/C67H96N2O24/c1-30-14-18-47(88-54-28-65(11,69(79)80)60(38(9)86-54)68-64(78)81-13)31(2)23-43-45(73)24-40(29-70)27-67(43)62(76)55(63(77)93-67)61(75)66(12)42(30)16-15-41-56(66)32(3)22-33(4)57(41)92-53-26-49(59(37(8)85-53)87-39(10)71)90-50-21-19-48(35(6)83-50)89-52-25-46(74)58(36(7)84-52)91-51-20-17-44(72)34(5)82-51/h14-16,23-24,29,32-38,41-54,56-60,72-75H,17-22,25-28H2,1-13H3,(H,68,78)/b30-14-,31-23+,61-55?/t32-,33+,34+,35-,36-,37-,38-,41+,42+,43-,44+,45-,46-,47?,48+,49?,50-,51-,52-,53-,54-,56-,57+,58-,59-,60-,65-,66+,67+/m0/s1. The minimum Gasteiger partial charge on any atom is -0.511 e. The molecule has 6 saturated heterocycles. The number of ketones is 1. The van der Waals surface area contributed by atoms with Crippen molar-refractivity contribution in [3.63, 3.8) is 0 Å². The van der Waals surface area contributed by atoms with Crippen molar-refractivity contribution in [1.29, 1.82) is 0 Å². The number of fused-ring (bicyclic) bond motifs is 4. The van der Waals surface area contributed by atoms with Crippen LogP contribution >= 0.6 is 0 Å². The molecule has 1 amide bonds. The zero-order chi connectivity index (χ0) is 67.5. The number of carbonyl (C=O) groups excluding carboxylic acids is 5. The Labute approximate surface area is 542 Å². The quantitative estimate of drug-likeness (QED) is 0.0240. The van der Waals surface area contributed by atoms with Crippen molar-refractivity contribution in [2.75, 3.05) is 7.11 Å². The van der Waals surface area contributed by atoms with Crippen LogP contribution in [0.25, 0.3) is 0 Å². The van der Waals surface area contributed by atoms with Gasteiger partial charge in [0.15, 0.2) is 43.2 Å². The first-order chi connectivity index (χ1) is 43.9. The average molecular weight is 1310 g/mol. The van der Waals surface area contributed by atoms with Crippen LogP contribution in [0, 0.1) is 51.0 Å². The molecule has 93 heavy (non-hydrogen) atoms. The van der Waals surface area contributed by atoms with Gasteiger partial charge in [0.25, 0.3) is 0 Å². The topological polar surface area (TPSA) is 341 Å². The third-order valence-corrected chi connectivity index (χ3v) is 21.7. The number of aliphatic hydroxyl groups is 4. The molecular formula is C67H96N2O24. The highest BCUT2D eigenvalue weighted by molar-refractivity contribution is 6.26. The van der Waals surface area contributed by atoms with Gasteiger partial charge in [0, 0.05) is 68.1 Å². The van der Waals surface area contributed by atoms with Crippen molar-refractivity contribution in [1.82, 2.24) is 5.32 Å². The molecule has 4 aliphatic carbocycles. The number of nitrogens with one attached hydrogen (secondary N) is 1. The van der Waals surface area contributed by atoms with Gasteiger partial charge in [0.2, 0.25) is 11.3 Å². The molecule has 6 aliphatic heterocycles. The minimum atomic E-state index is -2.20. The number of allylic oxidation sites excluding steroid dienone is 3. The Kier molecular flexibility index (Phi) is 21.4. The molecule has 6 heterocycles. The summed E-state index contributed by atoms with van der Waals surface area (Å²) in [6.07, 6.45) is -4.21. The van der Waals surface area contributed by atoms with Crippen molar-refractivity contribution >= 4 is 30.1 Å². The van der Waals surface area contributed by atoms with E-state index >= 15 is 4.79 Å². The van der Waals surface area contributed by atoms with Gasteiger partial charge in [-0.05, 0) is 109 Å². The van der Waals surface area contributed by atoms with Gasteiger partial charge in [-0.2, -0.15) is 0 Å². The molecule has 0 aromatic rings. The van der Waals surface area contributed by atoms with E-state index < -0.39 is 210 Å². The smallest absolute Gasteiger partial charge is 0.407 e. The van der Waals surface area contributed by atoms with Crippen molar-refractivity contribution in [2.24, 2.45) is 40.9 Å². The first-order valence-corrected chi connectivity index (χ1v) is 33.1. The summed E-state index contributed by atoms with van der Waals surface area (Å²) >= 11 is 0. The summed E-state index contributed by atoms with van der Waals surface area (Å²) < 4.78 is 81.5. The number of aliphatic hydroxyl groups excluding tert-OH is 4. The van der Waals surface area contributed by atoms with E-state index in [4.69, 9.17) is 61.6 Å². The molecule has 7 fully saturated rings. The van der Waals surface area contributed by atoms with Gasteiger partial charge in [-0.3, -0.25) is 24.5 Å². The molecule has 26 heteroatoms. The van der Waals surface area contributed by atoms with E-state index in [1.807, 2.05) is 39.8 Å². The maximum atomic E-state index is 15.6. The molecule has 29 atom stereocenters. The van der Waals surface area contributed by atoms with Crippen molar-refractivity contribution in [3.05, 3.63) is 68.5 Å².